The monoisotopic (exact) mass is 284 g/mol. The van der Waals surface area contributed by atoms with Gasteiger partial charge in [-0.2, -0.15) is 0 Å². The molecule has 1 amide bonds. The molecule has 0 aliphatic carbocycles. The Morgan fingerprint density at radius 2 is 2.05 bits per heavy atom. The van der Waals surface area contributed by atoms with Gasteiger partial charge in [-0.1, -0.05) is 23.4 Å². The number of rotatable bonds is 3. The number of aromatic nitrogens is 1. The molecule has 0 saturated carbocycles. The van der Waals surface area contributed by atoms with E-state index < -0.39 is 0 Å². The molecule has 5 nitrogen and oxygen atoms in total. The highest BCUT2D eigenvalue weighted by molar-refractivity contribution is 5.95. The number of para-hydroxylation sites is 1. The number of fused-ring (bicyclic) bond motifs is 1. The highest BCUT2D eigenvalue weighted by Gasteiger charge is 2.19. The molecule has 108 valence electrons. The van der Waals surface area contributed by atoms with Gasteiger partial charge in [0, 0.05) is 18.0 Å². The van der Waals surface area contributed by atoms with Gasteiger partial charge in [0.05, 0.1) is 12.2 Å². The van der Waals surface area contributed by atoms with Crippen LogP contribution in [-0.4, -0.2) is 23.0 Å². The van der Waals surface area contributed by atoms with Gasteiger partial charge in [0.15, 0.2) is 5.76 Å². The molecule has 2 aromatic heterocycles. The van der Waals surface area contributed by atoms with E-state index in [1.807, 2.05) is 38.1 Å². The number of amides is 1. The fraction of sp³-hybridized carbons (Fsp3) is 0.250. The Morgan fingerprint density at radius 1 is 1.29 bits per heavy atom. The number of carbonyl (C=O) groups is 1. The Labute approximate surface area is 122 Å². The molecule has 1 aromatic carbocycles. The SMILES string of the molecule is Cc1noc(C)c1CN(C)C(=O)c1cc2ccccc2o1. The molecule has 0 radical (unpaired) electrons. The molecule has 0 unspecified atom stereocenters. The van der Waals surface area contributed by atoms with E-state index in [2.05, 4.69) is 5.16 Å². The van der Waals surface area contributed by atoms with Crippen LogP contribution < -0.4 is 0 Å². The van der Waals surface area contributed by atoms with Crippen LogP contribution in [0.5, 0.6) is 0 Å². The summed E-state index contributed by atoms with van der Waals surface area (Å²) in [5, 5.41) is 4.82. The summed E-state index contributed by atoms with van der Waals surface area (Å²) in [5.74, 6) is 0.911. The first-order valence-electron chi connectivity index (χ1n) is 6.72. The summed E-state index contributed by atoms with van der Waals surface area (Å²) in [4.78, 5) is 14.0. The molecule has 0 aliphatic heterocycles. The predicted molar refractivity (Wildman–Crippen MR) is 78.0 cm³/mol. The molecule has 0 N–H and O–H groups in total. The summed E-state index contributed by atoms with van der Waals surface area (Å²) in [6.07, 6.45) is 0. The minimum absolute atomic E-state index is 0.161. The zero-order chi connectivity index (χ0) is 15.0. The van der Waals surface area contributed by atoms with E-state index >= 15 is 0 Å². The largest absolute Gasteiger partial charge is 0.451 e. The summed E-state index contributed by atoms with van der Waals surface area (Å²) in [6, 6.07) is 9.33. The molecule has 3 rings (SSSR count). The molecule has 0 aliphatic rings. The number of benzene rings is 1. The third-order valence-corrected chi connectivity index (χ3v) is 3.56. The van der Waals surface area contributed by atoms with Crippen LogP contribution >= 0.6 is 0 Å². The number of aryl methyl sites for hydroxylation is 2. The van der Waals surface area contributed by atoms with Crippen LogP contribution in [0.1, 0.15) is 27.6 Å². The fourth-order valence-corrected chi connectivity index (χ4v) is 2.31. The Bertz CT molecular complexity index is 748. The molecule has 0 fully saturated rings. The van der Waals surface area contributed by atoms with Gasteiger partial charge < -0.3 is 13.8 Å². The molecular formula is C16H16N2O3. The molecule has 5 heteroatoms. The van der Waals surface area contributed by atoms with E-state index in [4.69, 9.17) is 8.94 Å². The first-order valence-corrected chi connectivity index (χ1v) is 6.72. The Kier molecular flexibility index (Phi) is 3.25. The van der Waals surface area contributed by atoms with Crippen molar-refractivity contribution in [3.05, 3.63) is 53.1 Å². The number of furan rings is 1. The second kappa shape index (κ2) is 5.09. The molecular weight excluding hydrogens is 268 g/mol. The maximum atomic E-state index is 12.4. The van der Waals surface area contributed by atoms with Gasteiger partial charge in [-0.15, -0.1) is 0 Å². The highest BCUT2D eigenvalue weighted by atomic mass is 16.5. The lowest BCUT2D eigenvalue weighted by Crippen LogP contribution is -2.26. The van der Waals surface area contributed by atoms with Gasteiger partial charge in [0.2, 0.25) is 0 Å². The predicted octanol–water partition coefficient (Wildman–Crippen LogP) is 3.31. The number of hydrogen-bond acceptors (Lipinski definition) is 4. The fourth-order valence-electron chi connectivity index (χ4n) is 2.31. The summed E-state index contributed by atoms with van der Waals surface area (Å²) in [7, 11) is 1.74. The molecule has 0 bridgehead atoms. The molecule has 0 saturated heterocycles. The number of hydrogen-bond donors (Lipinski definition) is 0. The van der Waals surface area contributed by atoms with E-state index in [-0.39, 0.29) is 5.91 Å². The molecule has 3 aromatic rings. The minimum Gasteiger partial charge on any atom is -0.451 e. The van der Waals surface area contributed by atoms with Crippen molar-refractivity contribution in [1.82, 2.24) is 10.1 Å². The van der Waals surface area contributed by atoms with E-state index in [1.54, 1.807) is 18.0 Å². The van der Waals surface area contributed by atoms with Gasteiger partial charge >= 0.3 is 0 Å². The van der Waals surface area contributed by atoms with Crippen molar-refractivity contribution in [2.24, 2.45) is 0 Å². The third-order valence-electron chi connectivity index (χ3n) is 3.56. The summed E-state index contributed by atoms with van der Waals surface area (Å²) in [6.45, 7) is 4.15. The molecule has 21 heavy (non-hydrogen) atoms. The second-order valence-electron chi connectivity index (χ2n) is 5.11. The maximum absolute atomic E-state index is 12.4. The van der Waals surface area contributed by atoms with Crippen molar-refractivity contribution in [3.8, 4) is 0 Å². The highest BCUT2D eigenvalue weighted by Crippen LogP contribution is 2.21. The van der Waals surface area contributed by atoms with Gasteiger partial charge in [0.25, 0.3) is 5.91 Å². The topological polar surface area (TPSA) is 59.5 Å². The zero-order valence-corrected chi connectivity index (χ0v) is 12.2. The van der Waals surface area contributed by atoms with E-state index in [0.717, 1.165) is 22.4 Å². The maximum Gasteiger partial charge on any atom is 0.289 e. The first-order chi connectivity index (χ1) is 10.1. The third kappa shape index (κ3) is 2.42. The van der Waals surface area contributed by atoms with Crippen LogP contribution in [0.25, 0.3) is 11.0 Å². The van der Waals surface area contributed by atoms with Crippen molar-refractivity contribution >= 4 is 16.9 Å². The molecule has 2 heterocycles. The standard InChI is InChI=1S/C16H16N2O3/c1-10-13(11(2)21-17-10)9-18(3)16(19)15-8-12-6-4-5-7-14(12)20-15/h4-8H,9H2,1-3H3. The van der Waals surface area contributed by atoms with Crippen LogP contribution in [0, 0.1) is 13.8 Å². The van der Waals surface area contributed by atoms with E-state index in [1.165, 1.54) is 0 Å². The van der Waals surface area contributed by atoms with Crippen molar-refractivity contribution in [2.75, 3.05) is 7.05 Å². The molecule has 0 atom stereocenters. The van der Waals surface area contributed by atoms with Crippen molar-refractivity contribution in [1.29, 1.82) is 0 Å². The smallest absolute Gasteiger partial charge is 0.289 e. The summed E-state index contributed by atoms with van der Waals surface area (Å²) in [5.41, 5.74) is 2.45. The van der Waals surface area contributed by atoms with Crippen molar-refractivity contribution < 1.29 is 13.7 Å². The first kappa shape index (κ1) is 13.4. The number of nitrogens with zero attached hydrogens (tertiary/aromatic N) is 2. The van der Waals surface area contributed by atoms with Crippen LogP contribution in [-0.2, 0) is 6.54 Å². The van der Waals surface area contributed by atoms with Crippen LogP contribution in [0.3, 0.4) is 0 Å². The van der Waals surface area contributed by atoms with Gasteiger partial charge in [-0.05, 0) is 26.0 Å². The van der Waals surface area contributed by atoms with Gasteiger partial charge in [-0.25, -0.2) is 0 Å². The van der Waals surface area contributed by atoms with Crippen LogP contribution in [0.15, 0.2) is 39.3 Å². The Morgan fingerprint density at radius 3 is 2.71 bits per heavy atom. The van der Waals surface area contributed by atoms with Crippen molar-refractivity contribution in [3.63, 3.8) is 0 Å². The Balaban J connectivity index is 1.84. The Hall–Kier alpha value is -2.56. The van der Waals surface area contributed by atoms with E-state index in [9.17, 15) is 4.79 Å². The van der Waals surface area contributed by atoms with Crippen molar-refractivity contribution in [2.45, 2.75) is 20.4 Å². The second-order valence-corrected chi connectivity index (χ2v) is 5.11. The molecule has 0 spiro atoms. The average molecular weight is 284 g/mol. The normalized spacial score (nSPS) is 11.0. The van der Waals surface area contributed by atoms with Crippen LogP contribution in [0.4, 0.5) is 0 Å². The quantitative estimate of drug-likeness (QED) is 0.740. The van der Waals surface area contributed by atoms with E-state index in [0.29, 0.717) is 17.9 Å². The van der Waals surface area contributed by atoms with Crippen LogP contribution in [0.2, 0.25) is 0 Å². The summed E-state index contributed by atoms with van der Waals surface area (Å²) < 4.78 is 10.7. The average Bonchev–Trinajstić information content (AvgIpc) is 3.04. The number of carbonyl (C=O) groups excluding carboxylic acids is 1. The minimum atomic E-state index is -0.161. The summed E-state index contributed by atoms with van der Waals surface area (Å²) >= 11 is 0. The zero-order valence-electron chi connectivity index (χ0n) is 12.2. The lowest BCUT2D eigenvalue weighted by molar-refractivity contribution is 0.0755. The van der Waals surface area contributed by atoms with Gasteiger partial charge in [-0.3, -0.25) is 4.79 Å². The lowest BCUT2D eigenvalue weighted by Gasteiger charge is -2.15. The van der Waals surface area contributed by atoms with Gasteiger partial charge in [0.1, 0.15) is 11.3 Å². The lowest BCUT2D eigenvalue weighted by atomic mass is 10.2.